The summed E-state index contributed by atoms with van der Waals surface area (Å²) in [4.78, 5) is 14.1. The Labute approximate surface area is 184 Å². The molecule has 3 aliphatic carbocycles. The topological polar surface area (TPSA) is 17.1 Å². The molecule has 0 amide bonds. The molecular formula is C28H40OSi. The maximum absolute atomic E-state index is 14.1. The van der Waals surface area contributed by atoms with E-state index < -0.39 is 8.07 Å². The van der Waals surface area contributed by atoms with Crippen molar-refractivity contribution < 1.29 is 4.79 Å². The van der Waals surface area contributed by atoms with Crippen LogP contribution in [0.15, 0.2) is 42.5 Å². The van der Waals surface area contributed by atoms with Gasteiger partial charge in [0, 0.05) is 11.0 Å². The van der Waals surface area contributed by atoms with Crippen LogP contribution in [0.5, 0.6) is 0 Å². The maximum atomic E-state index is 14.1. The van der Waals surface area contributed by atoms with Crippen LogP contribution >= 0.6 is 0 Å². The Morgan fingerprint density at radius 3 is 2.03 bits per heavy atom. The first kappa shape index (κ1) is 21.8. The molecule has 3 aliphatic rings. The molecule has 162 valence electrons. The summed E-state index contributed by atoms with van der Waals surface area (Å²) < 4.78 is 0. The van der Waals surface area contributed by atoms with Gasteiger partial charge in [0.1, 0.15) is 0 Å². The van der Waals surface area contributed by atoms with Gasteiger partial charge >= 0.3 is 0 Å². The molecule has 0 unspecified atom stereocenters. The molecule has 0 aliphatic heterocycles. The van der Waals surface area contributed by atoms with Gasteiger partial charge in [0.05, 0.1) is 8.07 Å². The molecule has 1 nitrogen and oxygen atoms in total. The fourth-order valence-electron chi connectivity index (χ4n) is 7.99. The van der Waals surface area contributed by atoms with Gasteiger partial charge in [0.2, 0.25) is 0 Å². The van der Waals surface area contributed by atoms with Crippen molar-refractivity contribution in [3.8, 4) is 0 Å². The van der Waals surface area contributed by atoms with E-state index in [1.807, 2.05) is 0 Å². The van der Waals surface area contributed by atoms with Crippen molar-refractivity contribution in [1.82, 2.24) is 0 Å². The zero-order chi connectivity index (χ0) is 21.9. The molecule has 2 aromatic rings. The van der Waals surface area contributed by atoms with E-state index in [1.165, 1.54) is 23.2 Å². The lowest BCUT2D eigenvalue weighted by Gasteiger charge is -2.53. The summed E-state index contributed by atoms with van der Waals surface area (Å²) in [5.41, 5.74) is 3.22. The lowest BCUT2D eigenvalue weighted by molar-refractivity contribution is 0.0385. The van der Waals surface area contributed by atoms with Crippen molar-refractivity contribution in [2.75, 3.05) is 0 Å². The number of carbonyl (C=O) groups excluding carboxylic acids is 1. The predicted molar refractivity (Wildman–Crippen MR) is 132 cm³/mol. The standard InChI is InChI=1S/C28H40OSi/c1-19(2)30(20(3)4,21(5)6)18-27(7)15-22-16-28(27,17-22)26(29)25-13-12-23-10-8-9-11-24(23)14-25/h8-14,19-22H,15-18H2,1-7H3/t22?,27-,28?/m0/s1. The molecule has 0 N–H and O–H groups in total. The molecule has 2 aromatic carbocycles. The van der Waals surface area contributed by atoms with Gasteiger partial charge < -0.3 is 0 Å². The van der Waals surface area contributed by atoms with Crippen LogP contribution in [0.4, 0.5) is 0 Å². The number of fused-ring (bicyclic) bond motifs is 2. The summed E-state index contributed by atoms with van der Waals surface area (Å²) in [7, 11) is -1.57. The van der Waals surface area contributed by atoms with Gasteiger partial charge in [-0.25, -0.2) is 0 Å². The second-order valence-electron chi connectivity index (χ2n) is 11.8. The van der Waals surface area contributed by atoms with E-state index in [9.17, 15) is 4.79 Å². The molecule has 3 saturated carbocycles. The van der Waals surface area contributed by atoms with E-state index in [0.29, 0.717) is 5.78 Å². The van der Waals surface area contributed by atoms with E-state index in [-0.39, 0.29) is 10.8 Å². The number of rotatable bonds is 7. The van der Waals surface area contributed by atoms with Gasteiger partial charge in [-0.15, -0.1) is 0 Å². The molecular weight excluding hydrogens is 380 g/mol. The fraction of sp³-hybridized carbons (Fsp3) is 0.607. The summed E-state index contributed by atoms with van der Waals surface area (Å²) in [5.74, 6) is 1.20. The predicted octanol–water partition coefficient (Wildman–Crippen LogP) is 8.51. The van der Waals surface area contributed by atoms with Crippen molar-refractivity contribution in [3.63, 3.8) is 0 Å². The Balaban J connectivity index is 1.73. The molecule has 3 fully saturated rings. The first-order valence-electron chi connectivity index (χ1n) is 12.1. The molecule has 2 bridgehead atoms. The lowest BCUT2D eigenvalue weighted by Crippen LogP contribution is -2.53. The van der Waals surface area contributed by atoms with Crippen LogP contribution in [0.3, 0.4) is 0 Å². The number of benzene rings is 2. The third kappa shape index (κ3) is 2.97. The quantitative estimate of drug-likeness (QED) is 0.324. The average molecular weight is 421 g/mol. The normalized spacial score (nSPS) is 28.5. The molecule has 0 aromatic heterocycles. The summed E-state index contributed by atoms with van der Waals surface area (Å²) in [6.45, 7) is 17.3. The van der Waals surface area contributed by atoms with Crippen LogP contribution in [0, 0.1) is 16.7 Å². The van der Waals surface area contributed by atoms with E-state index >= 15 is 0 Å². The number of carbonyl (C=O) groups is 1. The molecule has 0 heterocycles. The van der Waals surface area contributed by atoms with Crippen molar-refractivity contribution in [2.45, 2.75) is 90.4 Å². The van der Waals surface area contributed by atoms with Gasteiger partial charge in [-0.05, 0) is 47.4 Å². The van der Waals surface area contributed by atoms with E-state index in [2.05, 4.69) is 90.9 Å². The summed E-state index contributed by atoms with van der Waals surface area (Å²) in [5, 5.41) is 2.41. The van der Waals surface area contributed by atoms with Crippen LogP contribution in [0.2, 0.25) is 22.7 Å². The fourth-order valence-corrected chi connectivity index (χ4v) is 15.1. The Hall–Kier alpha value is -1.41. The first-order valence-corrected chi connectivity index (χ1v) is 14.5. The zero-order valence-electron chi connectivity index (χ0n) is 20.1. The largest absolute Gasteiger partial charge is 0.294 e. The Morgan fingerprint density at radius 2 is 1.47 bits per heavy atom. The molecule has 0 saturated heterocycles. The van der Waals surface area contributed by atoms with Crippen molar-refractivity contribution in [2.24, 2.45) is 16.7 Å². The second kappa shape index (κ2) is 7.33. The number of ketones is 1. The summed E-state index contributed by atoms with van der Waals surface area (Å²) in [6, 6.07) is 16.1. The van der Waals surface area contributed by atoms with Crippen LogP contribution in [-0.2, 0) is 0 Å². The molecule has 5 rings (SSSR count). The van der Waals surface area contributed by atoms with Gasteiger partial charge in [-0.2, -0.15) is 0 Å². The van der Waals surface area contributed by atoms with Crippen LogP contribution in [0.25, 0.3) is 10.8 Å². The minimum atomic E-state index is -1.57. The zero-order valence-corrected chi connectivity index (χ0v) is 21.1. The van der Waals surface area contributed by atoms with Crippen molar-refractivity contribution >= 4 is 24.6 Å². The van der Waals surface area contributed by atoms with Crippen LogP contribution in [0.1, 0.15) is 78.1 Å². The minimum absolute atomic E-state index is 0.128. The third-order valence-corrected chi connectivity index (χ3v) is 17.4. The number of hydrogen-bond donors (Lipinski definition) is 0. The van der Waals surface area contributed by atoms with E-state index in [4.69, 9.17) is 0 Å². The maximum Gasteiger partial charge on any atom is 0.169 e. The second-order valence-corrected chi connectivity index (χ2v) is 17.8. The SMILES string of the molecule is CC(C)[Si](C[C@]1(C)CC2CC1(C(=O)c1ccc3ccccc3c1)C2)(C(C)C)C(C)C. The number of hydrogen-bond acceptors (Lipinski definition) is 1. The summed E-state index contributed by atoms with van der Waals surface area (Å²) in [6.07, 6.45) is 3.50. The van der Waals surface area contributed by atoms with Gasteiger partial charge in [-0.3, -0.25) is 4.79 Å². The van der Waals surface area contributed by atoms with Crippen molar-refractivity contribution in [3.05, 3.63) is 48.0 Å². The number of Topliss-reactive ketones (excluding diaryl/α,β-unsaturated/α-hetero) is 1. The van der Waals surface area contributed by atoms with Gasteiger partial charge in [-0.1, -0.05) is 108 Å². The monoisotopic (exact) mass is 420 g/mol. The van der Waals surface area contributed by atoms with Crippen molar-refractivity contribution in [1.29, 1.82) is 0 Å². The smallest absolute Gasteiger partial charge is 0.169 e. The molecule has 0 spiro atoms. The molecule has 0 radical (unpaired) electrons. The highest BCUT2D eigenvalue weighted by molar-refractivity contribution is 6.83. The first-order chi connectivity index (χ1) is 14.1. The van der Waals surface area contributed by atoms with Crippen LogP contribution < -0.4 is 0 Å². The molecule has 2 heteroatoms. The molecule has 30 heavy (non-hydrogen) atoms. The van der Waals surface area contributed by atoms with Gasteiger partial charge in [0.15, 0.2) is 5.78 Å². The minimum Gasteiger partial charge on any atom is -0.294 e. The lowest BCUT2D eigenvalue weighted by atomic mass is 9.58. The Kier molecular flexibility index (Phi) is 5.33. The van der Waals surface area contributed by atoms with Gasteiger partial charge in [0.25, 0.3) is 0 Å². The Bertz CT molecular complexity index is 928. The highest BCUT2D eigenvalue weighted by atomic mass is 28.3. The molecule has 1 atom stereocenters. The van der Waals surface area contributed by atoms with Crippen LogP contribution in [-0.4, -0.2) is 13.9 Å². The van der Waals surface area contributed by atoms with E-state index in [1.54, 1.807) is 0 Å². The third-order valence-electron chi connectivity index (χ3n) is 9.54. The average Bonchev–Trinajstić information content (AvgIpc) is 3.11. The highest BCUT2D eigenvalue weighted by Crippen LogP contribution is 2.73. The Morgan fingerprint density at radius 1 is 0.900 bits per heavy atom. The van der Waals surface area contributed by atoms with E-state index in [0.717, 1.165) is 40.9 Å². The summed E-state index contributed by atoms with van der Waals surface area (Å²) >= 11 is 0. The highest BCUT2D eigenvalue weighted by Gasteiger charge is 2.69.